The number of nitrogens with zero attached hydrogens (tertiary/aromatic N) is 3. The number of hydrogen-bond donors (Lipinski definition) is 1. The Labute approximate surface area is 89.3 Å². The normalized spacial score (nSPS) is 20.7. The van der Waals surface area contributed by atoms with Gasteiger partial charge in [-0.1, -0.05) is 0 Å². The Morgan fingerprint density at radius 1 is 1.67 bits per heavy atom. The number of ether oxygens (including phenoxy) is 1. The molecule has 2 N–H and O–H groups in total. The van der Waals surface area contributed by atoms with Crippen LogP contribution < -0.4 is 15.4 Å². The highest BCUT2D eigenvalue weighted by Gasteiger charge is 2.24. The molecule has 5 nitrogen and oxygen atoms in total. The van der Waals surface area contributed by atoms with E-state index in [1.807, 2.05) is 0 Å². The number of hydrogen-bond acceptors (Lipinski definition) is 5. The molecule has 15 heavy (non-hydrogen) atoms. The molecule has 1 atom stereocenters. The maximum atomic E-state index is 5.65. The summed E-state index contributed by atoms with van der Waals surface area (Å²) in [7, 11) is 1.64. The first kappa shape index (κ1) is 10.2. The lowest BCUT2D eigenvalue weighted by Crippen LogP contribution is -2.24. The first-order valence-corrected chi connectivity index (χ1v) is 5.14. The second-order valence-electron chi connectivity index (χ2n) is 3.75. The van der Waals surface area contributed by atoms with Gasteiger partial charge in [0.05, 0.1) is 13.3 Å². The summed E-state index contributed by atoms with van der Waals surface area (Å²) in [5.41, 5.74) is 5.65. The van der Waals surface area contributed by atoms with Crippen LogP contribution in [-0.2, 0) is 0 Å². The molecule has 2 heterocycles. The minimum atomic E-state index is 0.574. The predicted octanol–water partition coefficient (Wildman–Crippen LogP) is 0.270. The summed E-state index contributed by atoms with van der Waals surface area (Å²) in [6.07, 6.45) is 4.37. The molecule has 2 rings (SSSR count). The van der Waals surface area contributed by atoms with Gasteiger partial charge in [0.1, 0.15) is 6.33 Å². The molecule has 0 saturated carbocycles. The Bertz CT molecular complexity index is 331. The Hall–Kier alpha value is -1.36. The average molecular weight is 208 g/mol. The third kappa shape index (κ3) is 2.02. The molecule has 0 aromatic carbocycles. The molecular formula is C10H16N4O. The largest absolute Gasteiger partial charge is 0.491 e. The maximum Gasteiger partial charge on any atom is 0.179 e. The summed E-state index contributed by atoms with van der Waals surface area (Å²) in [5, 5.41) is 0. The first-order chi connectivity index (χ1) is 7.35. The molecule has 1 unspecified atom stereocenters. The summed E-state index contributed by atoms with van der Waals surface area (Å²) in [5.74, 6) is 2.18. The molecule has 1 aliphatic rings. The van der Waals surface area contributed by atoms with Crippen LogP contribution >= 0.6 is 0 Å². The van der Waals surface area contributed by atoms with E-state index in [1.54, 1.807) is 19.6 Å². The van der Waals surface area contributed by atoms with Crippen molar-refractivity contribution in [3.8, 4) is 5.75 Å². The highest BCUT2D eigenvalue weighted by molar-refractivity contribution is 5.51. The smallest absolute Gasteiger partial charge is 0.179 e. The molecule has 0 bridgehead atoms. The van der Waals surface area contributed by atoms with E-state index in [2.05, 4.69) is 14.9 Å². The summed E-state index contributed by atoms with van der Waals surface area (Å²) >= 11 is 0. The van der Waals surface area contributed by atoms with Crippen molar-refractivity contribution in [2.75, 3.05) is 31.6 Å². The standard InChI is InChI=1S/C10H16N4O/c1-15-9-5-12-7-13-10(9)14-3-2-8(4-11)6-14/h5,7-8H,2-4,6,11H2,1H3. The van der Waals surface area contributed by atoms with Crippen LogP contribution in [0, 0.1) is 5.92 Å². The van der Waals surface area contributed by atoms with Crippen molar-refractivity contribution >= 4 is 5.82 Å². The molecule has 1 fully saturated rings. The molecule has 0 aliphatic carbocycles. The number of aromatic nitrogens is 2. The van der Waals surface area contributed by atoms with Crippen molar-refractivity contribution < 1.29 is 4.74 Å². The van der Waals surface area contributed by atoms with Crippen molar-refractivity contribution in [1.29, 1.82) is 0 Å². The van der Waals surface area contributed by atoms with Crippen LogP contribution in [0.15, 0.2) is 12.5 Å². The fraction of sp³-hybridized carbons (Fsp3) is 0.600. The van der Waals surface area contributed by atoms with E-state index in [0.717, 1.165) is 37.6 Å². The number of nitrogens with two attached hydrogens (primary N) is 1. The summed E-state index contributed by atoms with van der Waals surface area (Å²) < 4.78 is 5.23. The first-order valence-electron chi connectivity index (χ1n) is 5.14. The zero-order chi connectivity index (χ0) is 10.7. The fourth-order valence-electron chi connectivity index (χ4n) is 1.91. The molecule has 1 aromatic rings. The van der Waals surface area contributed by atoms with Gasteiger partial charge >= 0.3 is 0 Å². The quantitative estimate of drug-likeness (QED) is 0.772. The number of methoxy groups -OCH3 is 1. The lowest BCUT2D eigenvalue weighted by atomic mass is 10.1. The molecular weight excluding hydrogens is 192 g/mol. The molecule has 1 saturated heterocycles. The second kappa shape index (κ2) is 4.44. The van der Waals surface area contributed by atoms with Gasteiger partial charge in [-0.2, -0.15) is 0 Å². The van der Waals surface area contributed by atoms with Crippen LogP contribution in [0.3, 0.4) is 0 Å². The van der Waals surface area contributed by atoms with Crippen molar-refractivity contribution in [1.82, 2.24) is 9.97 Å². The van der Waals surface area contributed by atoms with E-state index in [9.17, 15) is 0 Å². The van der Waals surface area contributed by atoms with Gasteiger partial charge in [-0.15, -0.1) is 0 Å². The van der Waals surface area contributed by atoms with E-state index in [4.69, 9.17) is 10.5 Å². The summed E-state index contributed by atoms with van der Waals surface area (Å²) in [6.45, 7) is 2.70. The van der Waals surface area contributed by atoms with Crippen LogP contribution in [0.4, 0.5) is 5.82 Å². The summed E-state index contributed by atoms with van der Waals surface area (Å²) in [6, 6.07) is 0. The summed E-state index contributed by atoms with van der Waals surface area (Å²) in [4.78, 5) is 10.4. The third-order valence-electron chi connectivity index (χ3n) is 2.80. The Morgan fingerprint density at radius 2 is 2.53 bits per heavy atom. The van der Waals surface area contributed by atoms with Gasteiger partial charge in [-0.05, 0) is 18.9 Å². The molecule has 82 valence electrons. The van der Waals surface area contributed by atoms with Crippen molar-refractivity contribution in [3.63, 3.8) is 0 Å². The van der Waals surface area contributed by atoms with Gasteiger partial charge in [-0.25, -0.2) is 9.97 Å². The minimum Gasteiger partial charge on any atom is -0.491 e. The molecule has 0 spiro atoms. The van der Waals surface area contributed by atoms with Crippen LogP contribution in [-0.4, -0.2) is 36.7 Å². The number of anilines is 1. The monoisotopic (exact) mass is 208 g/mol. The second-order valence-corrected chi connectivity index (χ2v) is 3.75. The van der Waals surface area contributed by atoms with Gasteiger partial charge in [-0.3, -0.25) is 0 Å². The van der Waals surface area contributed by atoms with E-state index in [1.165, 1.54) is 0 Å². The average Bonchev–Trinajstić information content (AvgIpc) is 2.77. The van der Waals surface area contributed by atoms with E-state index in [-0.39, 0.29) is 0 Å². The Morgan fingerprint density at radius 3 is 3.20 bits per heavy atom. The lowest BCUT2D eigenvalue weighted by Gasteiger charge is -2.18. The third-order valence-corrected chi connectivity index (χ3v) is 2.80. The fourth-order valence-corrected chi connectivity index (χ4v) is 1.91. The van der Waals surface area contributed by atoms with E-state index in [0.29, 0.717) is 5.92 Å². The highest BCUT2D eigenvalue weighted by atomic mass is 16.5. The minimum absolute atomic E-state index is 0.574. The predicted molar refractivity (Wildman–Crippen MR) is 58.0 cm³/mol. The highest BCUT2D eigenvalue weighted by Crippen LogP contribution is 2.28. The van der Waals surface area contributed by atoms with Crippen molar-refractivity contribution in [3.05, 3.63) is 12.5 Å². The molecule has 0 radical (unpaired) electrons. The van der Waals surface area contributed by atoms with Gasteiger partial charge in [0.2, 0.25) is 0 Å². The SMILES string of the molecule is COc1cncnc1N1CCC(CN)C1. The van der Waals surface area contributed by atoms with E-state index >= 15 is 0 Å². The Kier molecular flexibility index (Phi) is 3.01. The zero-order valence-electron chi connectivity index (χ0n) is 8.89. The van der Waals surface area contributed by atoms with Crippen LogP contribution in [0.5, 0.6) is 5.75 Å². The van der Waals surface area contributed by atoms with Crippen molar-refractivity contribution in [2.24, 2.45) is 11.7 Å². The Balaban J connectivity index is 2.16. The van der Waals surface area contributed by atoms with Gasteiger partial charge < -0.3 is 15.4 Å². The number of rotatable bonds is 3. The molecule has 1 aromatic heterocycles. The van der Waals surface area contributed by atoms with Gasteiger partial charge in [0, 0.05) is 13.1 Å². The van der Waals surface area contributed by atoms with Gasteiger partial charge in [0.25, 0.3) is 0 Å². The van der Waals surface area contributed by atoms with E-state index < -0.39 is 0 Å². The molecule has 5 heteroatoms. The zero-order valence-corrected chi connectivity index (χ0v) is 8.89. The molecule has 1 aliphatic heterocycles. The van der Waals surface area contributed by atoms with Crippen LogP contribution in [0.2, 0.25) is 0 Å². The maximum absolute atomic E-state index is 5.65. The molecule has 0 amide bonds. The van der Waals surface area contributed by atoms with Crippen LogP contribution in [0.25, 0.3) is 0 Å². The van der Waals surface area contributed by atoms with Crippen LogP contribution in [0.1, 0.15) is 6.42 Å². The topological polar surface area (TPSA) is 64.3 Å². The van der Waals surface area contributed by atoms with Gasteiger partial charge in [0.15, 0.2) is 11.6 Å². The van der Waals surface area contributed by atoms with Crippen molar-refractivity contribution in [2.45, 2.75) is 6.42 Å². The lowest BCUT2D eigenvalue weighted by molar-refractivity contribution is 0.410.